The lowest BCUT2D eigenvalue weighted by Gasteiger charge is -2.13. The van der Waals surface area contributed by atoms with E-state index in [9.17, 15) is 0 Å². The minimum Gasteiger partial charge on any atom is -0.316 e. The van der Waals surface area contributed by atoms with Gasteiger partial charge in [-0.15, -0.1) is 0 Å². The van der Waals surface area contributed by atoms with Gasteiger partial charge in [0.15, 0.2) is 0 Å². The zero-order chi connectivity index (χ0) is 15.2. The van der Waals surface area contributed by atoms with E-state index in [-0.39, 0.29) is 0 Å². The zero-order valence-corrected chi connectivity index (χ0v) is 13.7. The first kappa shape index (κ1) is 15.8. The van der Waals surface area contributed by atoms with Crippen LogP contribution in [0.1, 0.15) is 48.7 Å². The number of hydrogen-bond acceptors (Lipinski definition) is 2. The Morgan fingerprint density at radius 1 is 1.19 bits per heavy atom. The molecule has 0 saturated heterocycles. The van der Waals surface area contributed by atoms with E-state index in [4.69, 9.17) is 0 Å². The molecule has 0 amide bonds. The molecule has 3 nitrogen and oxygen atoms in total. The molecule has 114 valence electrons. The summed E-state index contributed by atoms with van der Waals surface area (Å²) in [5.41, 5.74) is 5.00. The van der Waals surface area contributed by atoms with Crippen molar-refractivity contribution in [3.63, 3.8) is 0 Å². The number of nitrogens with zero attached hydrogens (tertiary/aromatic N) is 2. The van der Waals surface area contributed by atoms with E-state index in [1.54, 1.807) is 0 Å². The van der Waals surface area contributed by atoms with Crippen molar-refractivity contribution in [2.45, 2.75) is 46.6 Å². The van der Waals surface area contributed by atoms with E-state index in [1.807, 2.05) is 6.92 Å². The maximum Gasteiger partial charge on any atom is 0.0662 e. The summed E-state index contributed by atoms with van der Waals surface area (Å²) >= 11 is 0. The van der Waals surface area contributed by atoms with Crippen LogP contribution in [0.3, 0.4) is 0 Å². The Kier molecular flexibility index (Phi) is 5.57. The van der Waals surface area contributed by atoms with Crippen LogP contribution < -0.4 is 5.32 Å². The van der Waals surface area contributed by atoms with Crippen LogP contribution in [0.15, 0.2) is 30.3 Å². The molecule has 0 fully saturated rings. The number of rotatable bonds is 7. The molecule has 1 aromatic carbocycles. The first-order chi connectivity index (χ1) is 10.1. The molecule has 2 aromatic rings. The molecule has 0 aliphatic carbocycles. The molecule has 1 heterocycles. The number of aryl methyl sites for hydroxylation is 2. The highest BCUT2D eigenvalue weighted by Gasteiger charge is 2.06. The summed E-state index contributed by atoms with van der Waals surface area (Å²) in [4.78, 5) is 0. The standard InChI is InChI=1S/C18H27N3/c1-5-10-19-12-14(2)18-8-6-17(7-9-18)13-21-16(4)11-15(3)20-21/h6-9,11,14,19H,5,10,12-13H2,1-4H3. The van der Waals surface area contributed by atoms with Gasteiger partial charge in [-0.1, -0.05) is 38.1 Å². The molecule has 0 aliphatic heterocycles. The molecule has 3 heteroatoms. The number of hydrogen-bond donors (Lipinski definition) is 1. The van der Waals surface area contributed by atoms with Crippen molar-refractivity contribution in [2.75, 3.05) is 13.1 Å². The number of benzene rings is 1. The lowest BCUT2D eigenvalue weighted by atomic mass is 10.00. The molecule has 0 aliphatic rings. The minimum atomic E-state index is 0.555. The van der Waals surface area contributed by atoms with Crippen molar-refractivity contribution < 1.29 is 0 Å². The maximum atomic E-state index is 4.52. The average Bonchev–Trinajstić information content (AvgIpc) is 2.78. The second-order valence-corrected chi connectivity index (χ2v) is 5.93. The highest BCUT2D eigenvalue weighted by molar-refractivity contribution is 5.26. The smallest absolute Gasteiger partial charge is 0.0662 e. The van der Waals surface area contributed by atoms with Crippen LogP contribution in [0.2, 0.25) is 0 Å². The third-order valence-electron chi connectivity index (χ3n) is 3.86. The van der Waals surface area contributed by atoms with Crippen molar-refractivity contribution in [1.29, 1.82) is 0 Å². The fourth-order valence-electron chi connectivity index (χ4n) is 2.57. The SMILES string of the molecule is CCCNCC(C)c1ccc(Cn2nc(C)cc2C)cc1. The highest BCUT2D eigenvalue weighted by atomic mass is 15.3. The van der Waals surface area contributed by atoms with Crippen LogP contribution >= 0.6 is 0 Å². The second-order valence-electron chi connectivity index (χ2n) is 5.93. The van der Waals surface area contributed by atoms with Crippen LogP contribution in [0, 0.1) is 13.8 Å². The number of nitrogens with one attached hydrogen (secondary N) is 1. The Labute approximate surface area is 128 Å². The van der Waals surface area contributed by atoms with E-state index in [2.05, 4.69) is 66.2 Å². The monoisotopic (exact) mass is 285 g/mol. The van der Waals surface area contributed by atoms with Crippen molar-refractivity contribution in [2.24, 2.45) is 0 Å². The number of aromatic nitrogens is 2. The first-order valence-electron chi connectivity index (χ1n) is 7.90. The molecule has 1 N–H and O–H groups in total. The van der Waals surface area contributed by atoms with Crippen molar-refractivity contribution in [3.05, 3.63) is 52.8 Å². The summed E-state index contributed by atoms with van der Waals surface area (Å²) in [6, 6.07) is 11.1. The van der Waals surface area contributed by atoms with Crippen LogP contribution in [-0.2, 0) is 6.54 Å². The van der Waals surface area contributed by atoms with Gasteiger partial charge in [-0.05, 0) is 49.9 Å². The molecule has 1 unspecified atom stereocenters. The van der Waals surface area contributed by atoms with E-state index >= 15 is 0 Å². The van der Waals surface area contributed by atoms with Crippen molar-refractivity contribution in [3.8, 4) is 0 Å². The Bertz CT molecular complexity index is 554. The third kappa shape index (κ3) is 4.43. The van der Waals surface area contributed by atoms with E-state index in [0.717, 1.165) is 25.3 Å². The molecular weight excluding hydrogens is 258 g/mol. The predicted molar refractivity (Wildman–Crippen MR) is 88.8 cm³/mol. The predicted octanol–water partition coefficient (Wildman–Crippen LogP) is 3.65. The normalized spacial score (nSPS) is 12.6. The molecule has 1 aromatic heterocycles. The van der Waals surface area contributed by atoms with E-state index in [1.165, 1.54) is 23.2 Å². The van der Waals surface area contributed by atoms with Gasteiger partial charge in [-0.2, -0.15) is 5.10 Å². The van der Waals surface area contributed by atoms with E-state index < -0.39 is 0 Å². The molecule has 2 rings (SSSR count). The Morgan fingerprint density at radius 3 is 2.48 bits per heavy atom. The first-order valence-corrected chi connectivity index (χ1v) is 7.90. The molecular formula is C18H27N3. The largest absolute Gasteiger partial charge is 0.316 e. The minimum absolute atomic E-state index is 0.555. The summed E-state index contributed by atoms with van der Waals surface area (Å²) in [5, 5.41) is 8.00. The summed E-state index contributed by atoms with van der Waals surface area (Å²) in [6.07, 6.45) is 1.19. The highest BCUT2D eigenvalue weighted by Crippen LogP contribution is 2.16. The van der Waals surface area contributed by atoms with Gasteiger partial charge in [0.05, 0.1) is 12.2 Å². The quantitative estimate of drug-likeness (QED) is 0.787. The van der Waals surface area contributed by atoms with Gasteiger partial charge < -0.3 is 5.32 Å². The van der Waals surface area contributed by atoms with Gasteiger partial charge in [-0.3, -0.25) is 4.68 Å². The Morgan fingerprint density at radius 2 is 1.90 bits per heavy atom. The van der Waals surface area contributed by atoms with Gasteiger partial charge in [0.1, 0.15) is 0 Å². The molecule has 0 spiro atoms. The van der Waals surface area contributed by atoms with Gasteiger partial charge in [0, 0.05) is 12.2 Å². The summed E-state index contributed by atoms with van der Waals surface area (Å²) < 4.78 is 2.07. The summed E-state index contributed by atoms with van der Waals surface area (Å²) in [6.45, 7) is 11.6. The van der Waals surface area contributed by atoms with Gasteiger partial charge in [0.2, 0.25) is 0 Å². The molecule has 0 saturated carbocycles. The maximum absolute atomic E-state index is 4.52. The van der Waals surface area contributed by atoms with Gasteiger partial charge in [-0.25, -0.2) is 0 Å². The zero-order valence-electron chi connectivity index (χ0n) is 13.7. The molecule has 0 radical (unpaired) electrons. The lowest BCUT2D eigenvalue weighted by molar-refractivity contribution is 0.608. The molecule has 0 bridgehead atoms. The van der Waals surface area contributed by atoms with Crippen LogP contribution in [0.25, 0.3) is 0 Å². The van der Waals surface area contributed by atoms with Crippen LogP contribution in [0.4, 0.5) is 0 Å². The fourth-order valence-corrected chi connectivity index (χ4v) is 2.57. The third-order valence-corrected chi connectivity index (χ3v) is 3.86. The van der Waals surface area contributed by atoms with E-state index in [0.29, 0.717) is 5.92 Å². The Hall–Kier alpha value is -1.61. The van der Waals surface area contributed by atoms with Crippen LogP contribution in [0.5, 0.6) is 0 Å². The van der Waals surface area contributed by atoms with Gasteiger partial charge in [0.25, 0.3) is 0 Å². The van der Waals surface area contributed by atoms with Gasteiger partial charge >= 0.3 is 0 Å². The lowest BCUT2D eigenvalue weighted by Crippen LogP contribution is -2.20. The Balaban J connectivity index is 1.97. The van der Waals surface area contributed by atoms with Crippen molar-refractivity contribution >= 4 is 0 Å². The summed E-state index contributed by atoms with van der Waals surface area (Å²) in [7, 11) is 0. The second kappa shape index (κ2) is 7.41. The molecule has 21 heavy (non-hydrogen) atoms. The average molecular weight is 285 g/mol. The fraction of sp³-hybridized carbons (Fsp3) is 0.500. The molecule has 1 atom stereocenters. The van der Waals surface area contributed by atoms with Crippen LogP contribution in [-0.4, -0.2) is 22.9 Å². The summed E-state index contributed by atoms with van der Waals surface area (Å²) in [5.74, 6) is 0.555. The van der Waals surface area contributed by atoms with Crippen molar-refractivity contribution in [1.82, 2.24) is 15.1 Å². The topological polar surface area (TPSA) is 29.9 Å².